The summed E-state index contributed by atoms with van der Waals surface area (Å²) >= 11 is 0. The summed E-state index contributed by atoms with van der Waals surface area (Å²) < 4.78 is 11.3. The minimum Gasteiger partial charge on any atom is -0.379 e. The summed E-state index contributed by atoms with van der Waals surface area (Å²) in [5, 5.41) is 16.7. The standard InChI is InChI=1S/C47H71N7O7/c1-7-8-11-20-41(55)52-53-43(47(6)32-61-47)39(29-34(4)5)50-46(59)40(30-36-18-14-10-15-19-36)51-45(58)38(23-21-33(2)3)49-44(57)37(24-22-35-16-12-9-13-17-35)48-42(56)31-54-25-27-60-28-26-54/h9-10,12-19,33-34,37-40H,7-8,11,20-32H2,1-6H3,(H,48,56)(H,49,57)(H,50,59)(H,51,58)(H,52,55)/b53-43-/t37-,38-,39?,40-,47+/m0/s1. The van der Waals surface area contributed by atoms with Crippen LogP contribution in [0.15, 0.2) is 65.8 Å². The minimum absolute atomic E-state index is 0.132. The predicted molar refractivity (Wildman–Crippen MR) is 237 cm³/mol. The van der Waals surface area contributed by atoms with Gasteiger partial charge in [0.15, 0.2) is 0 Å². The number of unbranched alkanes of at least 4 members (excludes halogenated alkanes) is 2. The van der Waals surface area contributed by atoms with Gasteiger partial charge in [0, 0.05) is 25.9 Å². The molecule has 4 rings (SSSR count). The maximum Gasteiger partial charge on any atom is 0.243 e. The number of morpholine rings is 1. The summed E-state index contributed by atoms with van der Waals surface area (Å²) in [7, 11) is 0. The van der Waals surface area contributed by atoms with Crippen molar-refractivity contribution in [1.29, 1.82) is 0 Å². The smallest absolute Gasteiger partial charge is 0.243 e. The van der Waals surface area contributed by atoms with Crippen LogP contribution in [-0.4, -0.2) is 109 Å². The van der Waals surface area contributed by atoms with Crippen molar-refractivity contribution < 1.29 is 33.4 Å². The Balaban J connectivity index is 1.57. The van der Waals surface area contributed by atoms with Crippen molar-refractivity contribution in [2.45, 2.75) is 136 Å². The highest BCUT2D eigenvalue weighted by atomic mass is 16.6. The first-order chi connectivity index (χ1) is 29.3. The molecule has 2 heterocycles. The van der Waals surface area contributed by atoms with Gasteiger partial charge in [-0.2, -0.15) is 5.10 Å². The Morgan fingerprint density at radius 3 is 1.87 bits per heavy atom. The maximum absolute atomic E-state index is 14.5. The molecule has 0 radical (unpaired) electrons. The first kappa shape index (κ1) is 49.0. The topological polar surface area (TPSA) is 183 Å². The van der Waals surface area contributed by atoms with E-state index in [0.29, 0.717) is 77.1 Å². The molecule has 14 nitrogen and oxygen atoms in total. The van der Waals surface area contributed by atoms with Crippen LogP contribution in [0.4, 0.5) is 0 Å². The molecule has 14 heteroatoms. The van der Waals surface area contributed by atoms with E-state index < -0.39 is 47.5 Å². The molecule has 2 fully saturated rings. The van der Waals surface area contributed by atoms with E-state index >= 15 is 0 Å². The van der Waals surface area contributed by atoms with E-state index in [1.165, 1.54) is 0 Å². The molecule has 0 saturated carbocycles. The SMILES string of the molecule is CCCCCC(=O)N/N=C(/C(CC(C)C)NC(=O)[C@H](Cc1ccccc1)NC(=O)[C@H](CCC(C)C)NC(=O)[C@H](CCc1ccccc1)NC(=O)CN1CCOCC1)[C@@]1(C)CO1. The van der Waals surface area contributed by atoms with E-state index in [1.807, 2.05) is 100 Å². The highest BCUT2D eigenvalue weighted by molar-refractivity contribution is 6.02. The van der Waals surface area contributed by atoms with Gasteiger partial charge in [-0.1, -0.05) is 108 Å². The van der Waals surface area contributed by atoms with Gasteiger partial charge in [0.2, 0.25) is 29.5 Å². The number of amides is 5. The predicted octanol–water partition coefficient (Wildman–Crippen LogP) is 4.46. The Morgan fingerprint density at radius 1 is 0.705 bits per heavy atom. The summed E-state index contributed by atoms with van der Waals surface area (Å²) in [6.07, 6.45) is 5.54. The summed E-state index contributed by atoms with van der Waals surface area (Å²) in [6, 6.07) is 15.7. The number of rotatable bonds is 26. The van der Waals surface area contributed by atoms with Gasteiger partial charge in [0.05, 0.1) is 38.1 Å². The van der Waals surface area contributed by atoms with Crippen molar-refractivity contribution in [1.82, 2.24) is 31.6 Å². The highest BCUT2D eigenvalue weighted by Crippen LogP contribution is 2.31. The molecule has 0 bridgehead atoms. The number of carbonyl (C=O) groups is 5. The zero-order valence-electron chi connectivity index (χ0n) is 37.3. The van der Waals surface area contributed by atoms with E-state index in [0.717, 1.165) is 30.4 Å². The summed E-state index contributed by atoms with van der Waals surface area (Å²) in [6.45, 7) is 15.0. The maximum atomic E-state index is 14.5. The van der Waals surface area contributed by atoms with Crippen LogP contribution in [-0.2, 0) is 46.3 Å². The average Bonchev–Trinajstić information content (AvgIpc) is 3.98. The van der Waals surface area contributed by atoms with Crippen molar-refractivity contribution in [3.05, 3.63) is 71.8 Å². The molecule has 5 amide bonds. The van der Waals surface area contributed by atoms with Gasteiger partial charge in [-0.25, -0.2) is 5.43 Å². The number of benzene rings is 2. The number of carbonyl (C=O) groups excluding carboxylic acids is 5. The van der Waals surface area contributed by atoms with Crippen molar-refractivity contribution in [3.63, 3.8) is 0 Å². The lowest BCUT2D eigenvalue weighted by molar-refractivity contribution is -0.134. The molecule has 2 aromatic rings. The van der Waals surface area contributed by atoms with Gasteiger partial charge in [0.1, 0.15) is 23.7 Å². The first-order valence-electron chi connectivity index (χ1n) is 22.4. The quantitative estimate of drug-likeness (QED) is 0.0398. The van der Waals surface area contributed by atoms with E-state index in [2.05, 4.69) is 38.7 Å². The largest absolute Gasteiger partial charge is 0.379 e. The third-order valence-electron chi connectivity index (χ3n) is 11.0. The second-order valence-corrected chi connectivity index (χ2v) is 17.5. The number of aryl methyl sites for hydroxylation is 1. The normalized spacial score (nSPS) is 18.7. The lowest BCUT2D eigenvalue weighted by atomic mass is 9.92. The van der Waals surface area contributed by atoms with Crippen LogP contribution < -0.4 is 26.7 Å². The van der Waals surface area contributed by atoms with E-state index in [-0.39, 0.29) is 36.6 Å². The van der Waals surface area contributed by atoms with Crippen molar-refractivity contribution in [2.75, 3.05) is 39.5 Å². The molecule has 2 aliphatic rings. The Bertz CT molecular complexity index is 1710. The molecule has 2 aliphatic heterocycles. The van der Waals surface area contributed by atoms with Gasteiger partial charge in [-0.3, -0.25) is 28.9 Å². The summed E-state index contributed by atoms with van der Waals surface area (Å²) in [4.78, 5) is 71.2. The second kappa shape index (κ2) is 25.3. The Morgan fingerprint density at radius 2 is 1.28 bits per heavy atom. The van der Waals surface area contributed by atoms with Crippen LogP contribution in [0.2, 0.25) is 0 Å². The first-order valence-corrected chi connectivity index (χ1v) is 22.4. The van der Waals surface area contributed by atoms with Gasteiger partial charge in [-0.05, 0) is 68.4 Å². The molecule has 0 aromatic heterocycles. The molecular weight excluding hydrogens is 775 g/mol. The number of hydrogen-bond donors (Lipinski definition) is 5. The van der Waals surface area contributed by atoms with Crippen LogP contribution in [0.25, 0.3) is 0 Å². The van der Waals surface area contributed by atoms with Crippen LogP contribution >= 0.6 is 0 Å². The van der Waals surface area contributed by atoms with Gasteiger partial charge >= 0.3 is 0 Å². The lowest BCUT2D eigenvalue weighted by Gasteiger charge is -2.29. The molecular formula is C47H71N7O7. The molecule has 61 heavy (non-hydrogen) atoms. The fourth-order valence-electron chi connectivity index (χ4n) is 7.32. The molecule has 336 valence electrons. The average molecular weight is 846 g/mol. The number of epoxide rings is 1. The summed E-state index contributed by atoms with van der Waals surface area (Å²) in [5.41, 5.74) is 4.32. The van der Waals surface area contributed by atoms with Crippen molar-refractivity contribution >= 4 is 35.2 Å². The van der Waals surface area contributed by atoms with Crippen molar-refractivity contribution in [2.24, 2.45) is 16.9 Å². The minimum atomic E-state index is -1.03. The third kappa shape index (κ3) is 17.7. The zero-order valence-corrected chi connectivity index (χ0v) is 37.3. The monoisotopic (exact) mass is 846 g/mol. The lowest BCUT2D eigenvalue weighted by Crippen LogP contribution is -2.59. The molecule has 2 aromatic carbocycles. The Kier molecular flexibility index (Phi) is 20.3. The molecule has 5 atom stereocenters. The molecule has 5 N–H and O–H groups in total. The third-order valence-corrected chi connectivity index (χ3v) is 11.0. The van der Waals surface area contributed by atoms with Gasteiger partial charge < -0.3 is 30.7 Å². The number of nitrogens with one attached hydrogen (secondary N) is 5. The van der Waals surface area contributed by atoms with Crippen molar-refractivity contribution in [3.8, 4) is 0 Å². The second-order valence-electron chi connectivity index (χ2n) is 17.5. The molecule has 0 spiro atoms. The van der Waals surface area contributed by atoms with E-state index in [9.17, 15) is 24.0 Å². The van der Waals surface area contributed by atoms with E-state index in [1.54, 1.807) is 0 Å². The number of hydrogen-bond acceptors (Lipinski definition) is 9. The zero-order chi connectivity index (χ0) is 44.2. The van der Waals surface area contributed by atoms with Gasteiger partial charge in [0.25, 0.3) is 0 Å². The van der Waals surface area contributed by atoms with E-state index in [4.69, 9.17) is 9.47 Å². The van der Waals surface area contributed by atoms with Crippen LogP contribution in [0.3, 0.4) is 0 Å². The molecule has 2 saturated heterocycles. The fourth-order valence-corrected chi connectivity index (χ4v) is 7.32. The summed E-state index contributed by atoms with van der Waals surface area (Å²) in [5.74, 6) is -1.51. The highest BCUT2D eigenvalue weighted by Gasteiger charge is 2.49. The number of ether oxygens (including phenoxy) is 2. The number of nitrogens with zero attached hydrogens (tertiary/aromatic N) is 2. The fraction of sp³-hybridized carbons (Fsp3) is 0.617. The number of hydrazone groups is 1. The van der Waals surface area contributed by atoms with Crippen LogP contribution in [0.1, 0.15) is 104 Å². The Labute approximate surface area is 363 Å². The Hall–Kier alpha value is -4.66. The molecule has 1 unspecified atom stereocenters. The molecule has 0 aliphatic carbocycles. The van der Waals surface area contributed by atoms with Crippen LogP contribution in [0, 0.1) is 11.8 Å². The van der Waals surface area contributed by atoms with Gasteiger partial charge in [-0.15, -0.1) is 0 Å². The van der Waals surface area contributed by atoms with Crippen LogP contribution in [0.5, 0.6) is 0 Å².